The molecule has 0 fully saturated rings. The molecule has 2 aromatic carbocycles. The van der Waals surface area contributed by atoms with Crippen LogP contribution in [0.3, 0.4) is 0 Å². The third kappa shape index (κ3) is 4.06. The number of halogens is 3. The fraction of sp³-hybridized carbons (Fsp3) is 0.0714. The molecule has 0 bridgehead atoms. The molecule has 0 heterocycles. The van der Waals surface area contributed by atoms with Gasteiger partial charge in [-0.2, -0.15) is 8.78 Å². The molecule has 2 rings (SSSR count). The van der Waals surface area contributed by atoms with E-state index in [1.807, 2.05) is 0 Å². The van der Waals surface area contributed by atoms with Gasteiger partial charge in [0.15, 0.2) is 0 Å². The van der Waals surface area contributed by atoms with Gasteiger partial charge in [-0.1, -0.05) is 53.8 Å². The van der Waals surface area contributed by atoms with Gasteiger partial charge >= 0.3 is 0 Å². The zero-order valence-electron chi connectivity index (χ0n) is 10.6. The van der Waals surface area contributed by atoms with E-state index >= 15 is 0 Å². The average molecular weight is 345 g/mol. The summed E-state index contributed by atoms with van der Waals surface area (Å²) in [6, 6.07) is 11.9. The van der Waals surface area contributed by atoms with Crippen molar-refractivity contribution < 1.29 is 8.78 Å². The number of alkyl halides is 2. The third-order valence-electron chi connectivity index (χ3n) is 2.63. The summed E-state index contributed by atoms with van der Waals surface area (Å²) in [6.45, 7) is 0. The van der Waals surface area contributed by atoms with Crippen LogP contribution in [-0.2, 0) is 0 Å². The number of rotatable bonds is 5. The van der Waals surface area contributed by atoms with Crippen molar-refractivity contribution in [3.63, 3.8) is 0 Å². The Bertz CT molecular complexity index is 665. The lowest BCUT2D eigenvalue weighted by atomic mass is 10.1. The SMILES string of the molecule is NC(=S)c1c(Cl)cccc1Nc1ccccc1SC(F)F. The fourth-order valence-electron chi connectivity index (χ4n) is 1.79. The third-order valence-corrected chi connectivity index (χ3v) is 3.94. The summed E-state index contributed by atoms with van der Waals surface area (Å²) in [4.78, 5) is 0.573. The number of hydrogen-bond donors (Lipinski definition) is 2. The zero-order valence-corrected chi connectivity index (χ0v) is 13.0. The van der Waals surface area contributed by atoms with E-state index in [1.54, 1.807) is 42.5 Å². The predicted molar refractivity (Wildman–Crippen MR) is 88.9 cm³/mol. The van der Waals surface area contributed by atoms with Crippen LogP contribution >= 0.6 is 35.6 Å². The van der Waals surface area contributed by atoms with Crippen molar-refractivity contribution in [2.75, 3.05) is 5.32 Å². The lowest BCUT2D eigenvalue weighted by molar-refractivity contribution is 0.252. The lowest BCUT2D eigenvalue weighted by Gasteiger charge is -2.15. The second kappa shape index (κ2) is 7.06. The first kappa shape index (κ1) is 16.0. The van der Waals surface area contributed by atoms with Gasteiger partial charge in [-0.25, -0.2) is 0 Å². The maximum absolute atomic E-state index is 12.6. The van der Waals surface area contributed by atoms with Crippen molar-refractivity contribution in [2.24, 2.45) is 5.73 Å². The zero-order chi connectivity index (χ0) is 15.4. The molecule has 0 saturated carbocycles. The number of anilines is 2. The Balaban J connectivity index is 2.39. The maximum atomic E-state index is 12.6. The standard InChI is InChI=1S/C14H11ClF2N2S2/c15-8-4-3-6-10(12(8)13(18)20)19-9-5-1-2-7-11(9)21-14(16)17/h1-7,14,19H,(H2,18,20). The van der Waals surface area contributed by atoms with Gasteiger partial charge in [0.2, 0.25) is 0 Å². The minimum absolute atomic E-state index is 0.141. The molecule has 0 aliphatic carbocycles. The Morgan fingerprint density at radius 2 is 1.81 bits per heavy atom. The Hall–Kier alpha value is -1.37. The topological polar surface area (TPSA) is 38.0 Å². The predicted octanol–water partition coefficient (Wildman–Crippen LogP) is 5.03. The first-order valence-electron chi connectivity index (χ1n) is 5.88. The molecule has 0 aromatic heterocycles. The molecule has 0 aliphatic rings. The fourth-order valence-corrected chi connectivity index (χ4v) is 2.94. The highest BCUT2D eigenvalue weighted by Gasteiger charge is 2.13. The molecular formula is C14H11ClF2N2S2. The van der Waals surface area contributed by atoms with Crippen LogP contribution in [0.2, 0.25) is 5.02 Å². The molecule has 110 valence electrons. The molecule has 2 aromatic rings. The van der Waals surface area contributed by atoms with Crippen LogP contribution in [0.1, 0.15) is 5.56 Å². The van der Waals surface area contributed by atoms with Gasteiger partial charge in [0.25, 0.3) is 5.76 Å². The van der Waals surface area contributed by atoms with Gasteiger partial charge in [-0.15, -0.1) is 0 Å². The second-order valence-corrected chi connectivity index (χ2v) is 5.91. The molecule has 0 unspecified atom stereocenters. The highest BCUT2D eigenvalue weighted by atomic mass is 35.5. The maximum Gasteiger partial charge on any atom is 0.288 e. The number of thiocarbonyl (C=S) groups is 1. The summed E-state index contributed by atoms with van der Waals surface area (Å²) >= 11 is 11.5. The second-order valence-electron chi connectivity index (χ2n) is 4.03. The number of benzene rings is 2. The van der Waals surface area contributed by atoms with Gasteiger partial charge in [0.05, 0.1) is 22.0 Å². The molecular weight excluding hydrogens is 334 g/mol. The van der Waals surface area contributed by atoms with Crippen LogP contribution in [0, 0.1) is 0 Å². The van der Waals surface area contributed by atoms with Crippen LogP contribution < -0.4 is 11.1 Å². The molecule has 0 saturated heterocycles. The van der Waals surface area contributed by atoms with E-state index in [1.165, 1.54) is 0 Å². The molecule has 0 amide bonds. The minimum Gasteiger partial charge on any atom is -0.389 e. The van der Waals surface area contributed by atoms with E-state index in [0.29, 0.717) is 38.6 Å². The number of nitrogens with two attached hydrogens (primary N) is 1. The number of thioether (sulfide) groups is 1. The van der Waals surface area contributed by atoms with Crippen LogP contribution in [0.5, 0.6) is 0 Å². The Morgan fingerprint density at radius 1 is 1.14 bits per heavy atom. The van der Waals surface area contributed by atoms with Crippen molar-refractivity contribution in [2.45, 2.75) is 10.7 Å². The smallest absolute Gasteiger partial charge is 0.288 e. The monoisotopic (exact) mass is 344 g/mol. The van der Waals surface area contributed by atoms with E-state index in [9.17, 15) is 8.78 Å². The van der Waals surface area contributed by atoms with Crippen LogP contribution in [0.15, 0.2) is 47.4 Å². The summed E-state index contributed by atoms with van der Waals surface area (Å²) in [5.41, 5.74) is 7.29. The van der Waals surface area contributed by atoms with Crippen molar-refractivity contribution in [1.82, 2.24) is 0 Å². The minimum atomic E-state index is -2.50. The van der Waals surface area contributed by atoms with Crippen LogP contribution in [-0.4, -0.2) is 10.7 Å². The summed E-state index contributed by atoms with van der Waals surface area (Å²) in [7, 11) is 0. The van der Waals surface area contributed by atoms with Gasteiger partial charge in [-0.05, 0) is 24.3 Å². The highest BCUT2D eigenvalue weighted by molar-refractivity contribution is 7.99. The first-order valence-corrected chi connectivity index (χ1v) is 7.55. The van der Waals surface area contributed by atoms with Crippen LogP contribution in [0.25, 0.3) is 0 Å². The molecule has 3 N–H and O–H groups in total. The normalized spacial score (nSPS) is 10.7. The molecule has 0 spiro atoms. The molecule has 0 radical (unpaired) electrons. The quantitative estimate of drug-likeness (QED) is 0.589. The molecule has 0 aliphatic heterocycles. The average Bonchev–Trinajstić information content (AvgIpc) is 2.40. The largest absolute Gasteiger partial charge is 0.389 e. The van der Waals surface area contributed by atoms with Crippen molar-refractivity contribution in [1.29, 1.82) is 0 Å². The number of hydrogen-bond acceptors (Lipinski definition) is 3. The van der Waals surface area contributed by atoms with E-state index < -0.39 is 5.76 Å². The highest BCUT2D eigenvalue weighted by Crippen LogP contribution is 2.35. The van der Waals surface area contributed by atoms with Gasteiger partial charge in [-0.3, -0.25) is 0 Å². The van der Waals surface area contributed by atoms with E-state index in [4.69, 9.17) is 29.6 Å². The summed E-state index contributed by atoms with van der Waals surface area (Å²) < 4.78 is 25.2. The summed E-state index contributed by atoms with van der Waals surface area (Å²) in [5, 5.41) is 3.47. The Labute approximate surface area is 135 Å². The van der Waals surface area contributed by atoms with Crippen molar-refractivity contribution in [3.05, 3.63) is 53.1 Å². The summed E-state index contributed by atoms with van der Waals surface area (Å²) in [6.07, 6.45) is 0. The molecule has 2 nitrogen and oxygen atoms in total. The van der Waals surface area contributed by atoms with E-state index in [2.05, 4.69) is 5.32 Å². The molecule has 0 atom stereocenters. The number of nitrogens with one attached hydrogen (secondary N) is 1. The van der Waals surface area contributed by atoms with Crippen molar-refractivity contribution in [3.8, 4) is 0 Å². The molecule has 7 heteroatoms. The van der Waals surface area contributed by atoms with Gasteiger partial charge in [0, 0.05) is 4.90 Å². The summed E-state index contributed by atoms with van der Waals surface area (Å²) in [5.74, 6) is -2.50. The van der Waals surface area contributed by atoms with Gasteiger partial charge < -0.3 is 11.1 Å². The van der Waals surface area contributed by atoms with E-state index in [-0.39, 0.29) is 4.99 Å². The molecule has 21 heavy (non-hydrogen) atoms. The lowest BCUT2D eigenvalue weighted by Crippen LogP contribution is -2.12. The van der Waals surface area contributed by atoms with Crippen LogP contribution in [0.4, 0.5) is 20.2 Å². The Kier molecular flexibility index (Phi) is 5.39. The first-order chi connectivity index (χ1) is 9.99. The van der Waals surface area contributed by atoms with E-state index in [0.717, 1.165) is 0 Å². The van der Waals surface area contributed by atoms with Gasteiger partial charge in [0.1, 0.15) is 4.99 Å². The number of para-hydroxylation sites is 1. The van der Waals surface area contributed by atoms with Crippen molar-refractivity contribution >= 4 is 51.9 Å². The Morgan fingerprint density at radius 3 is 2.48 bits per heavy atom.